The maximum Gasteiger partial charge on any atom is 0.298 e. The van der Waals surface area contributed by atoms with Crippen LogP contribution < -0.4 is 15.1 Å². The number of aromatic nitrogens is 2. The molecule has 3 rings (SSSR count). The monoisotopic (exact) mass is 377 g/mol. The summed E-state index contributed by atoms with van der Waals surface area (Å²) in [5.41, 5.74) is 1.78. The molecule has 1 amide bonds. The van der Waals surface area contributed by atoms with Crippen LogP contribution in [0.1, 0.15) is 5.56 Å². The molecule has 6 nitrogen and oxygen atoms in total. The van der Waals surface area contributed by atoms with Crippen LogP contribution in [0.2, 0.25) is 0 Å². The molecule has 0 unspecified atom stereocenters. The molecule has 1 N–H and O–H groups in total. The Kier molecular flexibility index (Phi) is 5.17. The van der Waals surface area contributed by atoms with Crippen LogP contribution in [0.4, 0.5) is 14.5 Å². The highest BCUT2D eigenvalue weighted by Crippen LogP contribution is 2.23. The molecule has 2 aromatic carbocycles. The number of nitrogens with zero attached hydrogens (tertiary/aromatic N) is 2. The molecule has 0 spiro atoms. The van der Waals surface area contributed by atoms with Crippen molar-refractivity contribution in [1.29, 1.82) is 0 Å². The maximum absolute atomic E-state index is 13.2. The number of anilines is 1. The largest absolute Gasteiger partial charge is 0.538 e. The first kappa shape index (κ1) is 17.9. The van der Waals surface area contributed by atoms with Crippen molar-refractivity contribution >= 4 is 23.4 Å². The van der Waals surface area contributed by atoms with Gasteiger partial charge < -0.3 is 14.9 Å². The van der Waals surface area contributed by atoms with Crippen molar-refractivity contribution in [1.82, 2.24) is 5.27 Å². The SMILES string of the molecule is Cc1ccc(-[n+]2noc([O-])c2SCC(=O)Nc2ccc(F)c(F)c2)cc1. The van der Waals surface area contributed by atoms with Crippen LogP contribution in [0.3, 0.4) is 0 Å². The van der Waals surface area contributed by atoms with Gasteiger partial charge in [-0.3, -0.25) is 4.79 Å². The zero-order chi connectivity index (χ0) is 18.7. The summed E-state index contributed by atoms with van der Waals surface area (Å²) < 4.78 is 32.0. The van der Waals surface area contributed by atoms with Crippen LogP contribution in [-0.2, 0) is 4.79 Å². The zero-order valence-electron chi connectivity index (χ0n) is 13.5. The molecule has 0 aliphatic carbocycles. The Balaban J connectivity index is 1.69. The van der Waals surface area contributed by atoms with Gasteiger partial charge in [0.05, 0.1) is 11.0 Å². The Morgan fingerprint density at radius 2 is 1.96 bits per heavy atom. The summed E-state index contributed by atoms with van der Waals surface area (Å²) in [6, 6.07) is 10.3. The number of hydrogen-bond donors (Lipinski definition) is 1. The Hall–Kier alpha value is -2.94. The number of hydrogen-bond acceptors (Lipinski definition) is 5. The van der Waals surface area contributed by atoms with E-state index >= 15 is 0 Å². The minimum atomic E-state index is -1.06. The van der Waals surface area contributed by atoms with Crippen molar-refractivity contribution in [2.75, 3.05) is 11.1 Å². The summed E-state index contributed by atoms with van der Waals surface area (Å²) in [7, 11) is 0. The van der Waals surface area contributed by atoms with Crippen LogP contribution in [0.25, 0.3) is 5.69 Å². The van der Waals surface area contributed by atoms with E-state index in [1.54, 1.807) is 12.1 Å². The second kappa shape index (κ2) is 7.52. The van der Waals surface area contributed by atoms with Gasteiger partial charge in [-0.05, 0) is 35.5 Å². The van der Waals surface area contributed by atoms with E-state index in [-0.39, 0.29) is 16.5 Å². The molecule has 0 aliphatic rings. The van der Waals surface area contributed by atoms with Crippen LogP contribution in [0.5, 0.6) is 5.95 Å². The van der Waals surface area contributed by atoms with E-state index in [0.717, 1.165) is 29.5 Å². The van der Waals surface area contributed by atoms with Crippen molar-refractivity contribution in [2.24, 2.45) is 0 Å². The molecule has 0 bridgehead atoms. The summed E-state index contributed by atoms with van der Waals surface area (Å²) in [5, 5.41) is 18.1. The molecule has 1 heterocycles. The van der Waals surface area contributed by atoms with Gasteiger partial charge in [-0.15, -0.1) is 0 Å². The van der Waals surface area contributed by atoms with Gasteiger partial charge in [-0.25, -0.2) is 8.78 Å². The fourth-order valence-electron chi connectivity index (χ4n) is 2.12. The van der Waals surface area contributed by atoms with Gasteiger partial charge in [0.25, 0.3) is 5.03 Å². The van der Waals surface area contributed by atoms with Gasteiger partial charge in [0.2, 0.25) is 11.6 Å². The number of amides is 1. The highest BCUT2D eigenvalue weighted by molar-refractivity contribution is 7.99. The number of rotatable bonds is 5. The number of carbonyl (C=O) groups excluding carboxylic acids is 1. The third-order valence-corrected chi connectivity index (χ3v) is 4.41. The summed E-state index contributed by atoms with van der Waals surface area (Å²) >= 11 is 0.928. The fourth-order valence-corrected chi connectivity index (χ4v) is 2.87. The van der Waals surface area contributed by atoms with Gasteiger partial charge in [-0.1, -0.05) is 17.7 Å². The fraction of sp³-hybridized carbons (Fsp3) is 0.118. The van der Waals surface area contributed by atoms with Crippen molar-refractivity contribution < 1.29 is 27.9 Å². The van der Waals surface area contributed by atoms with E-state index in [2.05, 4.69) is 15.1 Å². The van der Waals surface area contributed by atoms with Gasteiger partial charge in [0.1, 0.15) is 0 Å². The lowest BCUT2D eigenvalue weighted by Crippen LogP contribution is -2.35. The van der Waals surface area contributed by atoms with Gasteiger partial charge in [-0.2, -0.15) is 0 Å². The molecular formula is C17H13F2N3O3S. The highest BCUT2D eigenvalue weighted by Gasteiger charge is 2.22. The van der Waals surface area contributed by atoms with E-state index in [1.807, 2.05) is 19.1 Å². The van der Waals surface area contributed by atoms with Gasteiger partial charge in [0, 0.05) is 23.9 Å². The van der Waals surface area contributed by atoms with E-state index in [4.69, 9.17) is 0 Å². The topological polar surface area (TPSA) is 82.1 Å². The van der Waals surface area contributed by atoms with Crippen LogP contribution in [0, 0.1) is 18.6 Å². The van der Waals surface area contributed by atoms with Crippen LogP contribution in [0.15, 0.2) is 52.0 Å². The number of nitrogens with one attached hydrogen (secondary N) is 1. The van der Waals surface area contributed by atoms with Gasteiger partial charge in [0.15, 0.2) is 17.6 Å². The Bertz CT molecular complexity index is 945. The lowest BCUT2D eigenvalue weighted by atomic mass is 10.2. The van der Waals surface area contributed by atoms with E-state index in [1.165, 1.54) is 10.7 Å². The van der Waals surface area contributed by atoms with Crippen LogP contribution in [-0.4, -0.2) is 16.9 Å². The first-order valence-electron chi connectivity index (χ1n) is 7.48. The Labute approximate surface area is 151 Å². The Morgan fingerprint density at radius 3 is 2.65 bits per heavy atom. The van der Waals surface area contributed by atoms with Crippen molar-refractivity contribution in [3.05, 3.63) is 59.7 Å². The summed E-state index contributed by atoms with van der Waals surface area (Å²) in [4.78, 5) is 12.0. The summed E-state index contributed by atoms with van der Waals surface area (Å²) in [6.07, 6.45) is 0. The minimum absolute atomic E-state index is 0.119. The number of thioether (sulfide) groups is 1. The number of halogens is 2. The number of aryl methyl sites for hydroxylation is 1. The van der Waals surface area contributed by atoms with Crippen molar-refractivity contribution in [3.63, 3.8) is 0 Å². The average molecular weight is 377 g/mol. The van der Waals surface area contributed by atoms with E-state index in [9.17, 15) is 18.7 Å². The molecular weight excluding hydrogens is 364 g/mol. The number of benzene rings is 2. The lowest BCUT2D eigenvalue weighted by molar-refractivity contribution is -0.705. The second-order valence-corrected chi connectivity index (χ2v) is 6.34. The molecule has 0 saturated heterocycles. The minimum Gasteiger partial charge on any atom is -0.538 e. The van der Waals surface area contributed by atoms with Crippen molar-refractivity contribution in [3.8, 4) is 11.6 Å². The molecule has 0 saturated carbocycles. The molecule has 9 heteroatoms. The van der Waals surface area contributed by atoms with Crippen molar-refractivity contribution in [2.45, 2.75) is 11.9 Å². The van der Waals surface area contributed by atoms with E-state index < -0.39 is 23.5 Å². The standard InChI is InChI=1S/C17H13F2N3O3S/c1-10-2-5-12(6-3-10)22-16(17(24)25-21-22)26-9-15(23)20-11-4-7-13(18)14(19)8-11/h2-8H,9H2,1H3,(H-,20,21,23,24). The highest BCUT2D eigenvalue weighted by atomic mass is 32.2. The molecule has 3 aromatic rings. The maximum atomic E-state index is 13.2. The predicted molar refractivity (Wildman–Crippen MR) is 87.9 cm³/mol. The molecule has 134 valence electrons. The third-order valence-electron chi connectivity index (χ3n) is 3.39. The molecule has 1 aromatic heterocycles. The first-order valence-corrected chi connectivity index (χ1v) is 8.46. The third kappa shape index (κ3) is 3.99. The smallest absolute Gasteiger partial charge is 0.298 e. The summed E-state index contributed by atoms with van der Waals surface area (Å²) in [5.74, 6) is -3.36. The molecule has 0 fully saturated rings. The molecule has 0 atom stereocenters. The molecule has 26 heavy (non-hydrogen) atoms. The average Bonchev–Trinajstić information content (AvgIpc) is 2.98. The van der Waals surface area contributed by atoms with E-state index in [0.29, 0.717) is 5.69 Å². The zero-order valence-corrected chi connectivity index (χ0v) is 14.3. The normalized spacial score (nSPS) is 10.7. The lowest BCUT2D eigenvalue weighted by Gasteiger charge is -2.04. The Morgan fingerprint density at radius 1 is 1.23 bits per heavy atom. The molecule has 0 aliphatic heterocycles. The number of carbonyl (C=O) groups is 1. The quantitative estimate of drug-likeness (QED) is 0.545. The van der Waals surface area contributed by atoms with Gasteiger partial charge >= 0.3 is 0 Å². The van der Waals surface area contributed by atoms with Crippen LogP contribution >= 0.6 is 11.8 Å². The molecule has 0 radical (unpaired) electrons. The summed E-state index contributed by atoms with van der Waals surface area (Å²) in [6.45, 7) is 1.93. The second-order valence-electron chi connectivity index (χ2n) is 5.38. The predicted octanol–water partition coefficient (Wildman–Crippen LogP) is 2.34. The first-order chi connectivity index (χ1) is 12.4.